The third-order valence-corrected chi connectivity index (χ3v) is 2.90. The number of amides is 1. The van der Waals surface area contributed by atoms with Crippen LogP contribution in [0.4, 0.5) is 5.69 Å². The topological polar surface area (TPSA) is 52.2 Å². The minimum atomic E-state index is -0.0138. The predicted molar refractivity (Wildman–Crippen MR) is 75.2 cm³/mol. The first kappa shape index (κ1) is 13.1. The van der Waals surface area contributed by atoms with Crippen molar-refractivity contribution in [3.63, 3.8) is 0 Å². The van der Waals surface area contributed by atoms with E-state index in [0.29, 0.717) is 12.1 Å². The summed E-state index contributed by atoms with van der Waals surface area (Å²) in [5.41, 5.74) is 1.69. The van der Waals surface area contributed by atoms with Crippen LogP contribution in [-0.4, -0.2) is 41.9 Å². The largest absolute Gasteiger partial charge is 0.378 e. The Hall–Kier alpha value is -2.30. The minimum absolute atomic E-state index is 0.0138. The molecule has 0 saturated carbocycles. The van der Waals surface area contributed by atoms with E-state index in [9.17, 15) is 4.79 Å². The molecule has 2 aromatic rings. The highest BCUT2D eigenvalue weighted by atomic mass is 16.2. The van der Waals surface area contributed by atoms with E-state index in [1.165, 1.54) is 0 Å². The fraction of sp³-hybridized carbons (Fsp3) is 0.286. The van der Waals surface area contributed by atoms with Crippen molar-refractivity contribution in [3.8, 4) is 0 Å². The molecular weight excluding hydrogens is 240 g/mol. The van der Waals surface area contributed by atoms with Crippen LogP contribution in [0.3, 0.4) is 0 Å². The van der Waals surface area contributed by atoms with Crippen molar-refractivity contribution in [1.82, 2.24) is 14.9 Å². The van der Waals surface area contributed by atoms with Crippen molar-refractivity contribution in [2.75, 3.05) is 26.0 Å². The van der Waals surface area contributed by atoms with Gasteiger partial charge in [-0.2, -0.15) is 0 Å². The predicted octanol–water partition coefficient (Wildman–Crippen LogP) is 1.75. The molecule has 0 fully saturated rings. The van der Waals surface area contributed by atoms with Crippen molar-refractivity contribution in [3.05, 3.63) is 48.0 Å². The maximum absolute atomic E-state index is 12.3. The van der Waals surface area contributed by atoms with Gasteiger partial charge in [-0.15, -0.1) is 0 Å². The van der Waals surface area contributed by atoms with Crippen LogP contribution in [0.2, 0.25) is 0 Å². The summed E-state index contributed by atoms with van der Waals surface area (Å²) in [6.07, 6.45) is 3.43. The fourth-order valence-electron chi connectivity index (χ4n) is 1.82. The molecule has 1 aromatic heterocycles. The molecule has 0 spiro atoms. The summed E-state index contributed by atoms with van der Waals surface area (Å²) < 4.78 is 0. The van der Waals surface area contributed by atoms with Crippen molar-refractivity contribution in [1.29, 1.82) is 0 Å². The van der Waals surface area contributed by atoms with Crippen molar-refractivity contribution < 1.29 is 4.79 Å². The monoisotopic (exact) mass is 258 g/mol. The average molecular weight is 258 g/mol. The van der Waals surface area contributed by atoms with Gasteiger partial charge in [0.15, 0.2) is 0 Å². The highest BCUT2D eigenvalue weighted by Crippen LogP contribution is 2.15. The number of aromatic amines is 1. The van der Waals surface area contributed by atoms with E-state index in [-0.39, 0.29) is 5.91 Å². The second-order valence-corrected chi connectivity index (χ2v) is 4.64. The molecule has 1 aromatic carbocycles. The third kappa shape index (κ3) is 3.13. The number of nitrogens with zero attached hydrogens (tertiary/aromatic N) is 3. The SMILES string of the molecule is CN(Cc1ncc[nH]1)C(=O)c1cccc(N(C)C)c1. The summed E-state index contributed by atoms with van der Waals surface area (Å²) in [7, 11) is 5.68. The second kappa shape index (κ2) is 5.56. The van der Waals surface area contributed by atoms with E-state index >= 15 is 0 Å². The highest BCUT2D eigenvalue weighted by molar-refractivity contribution is 5.94. The standard InChI is InChI=1S/C14H18N4O/c1-17(2)12-6-4-5-11(9-12)14(19)18(3)10-13-15-7-8-16-13/h4-9H,10H2,1-3H3,(H,15,16). The third-order valence-electron chi connectivity index (χ3n) is 2.90. The van der Waals surface area contributed by atoms with Gasteiger partial charge in [-0.25, -0.2) is 4.98 Å². The molecule has 0 atom stereocenters. The Bertz CT molecular complexity index is 548. The van der Waals surface area contributed by atoms with Crippen LogP contribution in [0.1, 0.15) is 16.2 Å². The molecule has 0 aliphatic heterocycles. The average Bonchev–Trinajstić information content (AvgIpc) is 2.90. The number of anilines is 1. The quantitative estimate of drug-likeness (QED) is 0.909. The van der Waals surface area contributed by atoms with Gasteiger partial charge >= 0.3 is 0 Å². The van der Waals surface area contributed by atoms with Crippen LogP contribution >= 0.6 is 0 Å². The number of rotatable bonds is 4. The lowest BCUT2D eigenvalue weighted by molar-refractivity contribution is 0.0782. The Balaban J connectivity index is 2.12. The Kier molecular flexibility index (Phi) is 3.85. The van der Waals surface area contributed by atoms with Crippen molar-refractivity contribution in [2.45, 2.75) is 6.54 Å². The highest BCUT2D eigenvalue weighted by Gasteiger charge is 2.13. The van der Waals surface area contributed by atoms with E-state index < -0.39 is 0 Å². The molecule has 0 saturated heterocycles. The number of hydrogen-bond donors (Lipinski definition) is 1. The molecule has 0 unspecified atom stereocenters. The number of benzene rings is 1. The molecule has 0 aliphatic carbocycles. The van der Waals surface area contributed by atoms with Gasteiger partial charge in [0.2, 0.25) is 0 Å². The first-order chi connectivity index (χ1) is 9.08. The molecular formula is C14H18N4O. The number of imidazole rings is 1. The smallest absolute Gasteiger partial charge is 0.254 e. The van der Waals surface area contributed by atoms with Gasteiger partial charge < -0.3 is 14.8 Å². The van der Waals surface area contributed by atoms with Crippen molar-refractivity contribution >= 4 is 11.6 Å². The van der Waals surface area contributed by atoms with Crippen LogP contribution in [0.5, 0.6) is 0 Å². The lowest BCUT2D eigenvalue weighted by Gasteiger charge is -2.18. The van der Waals surface area contributed by atoms with E-state index in [1.807, 2.05) is 43.3 Å². The van der Waals surface area contributed by atoms with Crippen LogP contribution in [0, 0.1) is 0 Å². The first-order valence-electron chi connectivity index (χ1n) is 6.09. The first-order valence-corrected chi connectivity index (χ1v) is 6.09. The molecule has 5 heteroatoms. The summed E-state index contributed by atoms with van der Waals surface area (Å²) in [6.45, 7) is 0.470. The van der Waals surface area contributed by atoms with Gasteiger partial charge in [0.25, 0.3) is 5.91 Å². The van der Waals surface area contributed by atoms with Gasteiger partial charge in [-0.1, -0.05) is 6.07 Å². The number of aromatic nitrogens is 2. The van der Waals surface area contributed by atoms with Crippen LogP contribution in [0.15, 0.2) is 36.7 Å². The maximum atomic E-state index is 12.3. The Morgan fingerprint density at radius 3 is 2.74 bits per heavy atom. The molecule has 1 amide bonds. The van der Waals surface area contributed by atoms with Crippen LogP contribution < -0.4 is 4.90 Å². The molecule has 19 heavy (non-hydrogen) atoms. The van der Waals surface area contributed by atoms with Gasteiger partial charge in [0, 0.05) is 44.8 Å². The molecule has 0 aliphatic rings. The molecule has 100 valence electrons. The maximum Gasteiger partial charge on any atom is 0.254 e. The Morgan fingerprint density at radius 1 is 1.32 bits per heavy atom. The van der Waals surface area contributed by atoms with Crippen LogP contribution in [0.25, 0.3) is 0 Å². The van der Waals surface area contributed by atoms with E-state index in [0.717, 1.165) is 11.5 Å². The zero-order chi connectivity index (χ0) is 13.8. The molecule has 2 rings (SSSR count). The fourth-order valence-corrected chi connectivity index (χ4v) is 1.82. The number of nitrogens with one attached hydrogen (secondary N) is 1. The molecule has 1 heterocycles. The summed E-state index contributed by atoms with van der Waals surface area (Å²) in [5.74, 6) is 0.764. The zero-order valence-electron chi connectivity index (χ0n) is 11.4. The lowest BCUT2D eigenvalue weighted by Crippen LogP contribution is -2.26. The van der Waals surface area contributed by atoms with E-state index in [1.54, 1.807) is 24.3 Å². The zero-order valence-corrected chi connectivity index (χ0v) is 11.4. The minimum Gasteiger partial charge on any atom is -0.378 e. The second-order valence-electron chi connectivity index (χ2n) is 4.64. The molecule has 5 nitrogen and oxygen atoms in total. The van der Waals surface area contributed by atoms with Crippen LogP contribution in [-0.2, 0) is 6.54 Å². The van der Waals surface area contributed by atoms with E-state index in [2.05, 4.69) is 9.97 Å². The Labute approximate surface area is 112 Å². The van der Waals surface area contributed by atoms with Gasteiger partial charge in [0.1, 0.15) is 5.82 Å². The molecule has 1 N–H and O–H groups in total. The molecule has 0 bridgehead atoms. The van der Waals surface area contributed by atoms with Gasteiger partial charge in [-0.05, 0) is 18.2 Å². The normalized spacial score (nSPS) is 10.3. The van der Waals surface area contributed by atoms with E-state index in [4.69, 9.17) is 0 Å². The number of carbonyl (C=O) groups is 1. The number of carbonyl (C=O) groups excluding carboxylic acids is 1. The van der Waals surface area contributed by atoms with Gasteiger partial charge in [0.05, 0.1) is 6.54 Å². The molecule has 0 radical (unpaired) electrons. The van der Waals surface area contributed by atoms with Gasteiger partial charge in [-0.3, -0.25) is 4.79 Å². The summed E-state index contributed by atoms with van der Waals surface area (Å²) in [6, 6.07) is 7.58. The number of hydrogen-bond acceptors (Lipinski definition) is 3. The summed E-state index contributed by atoms with van der Waals surface area (Å²) >= 11 is 0. The number of H-pyrrole nitrogens is 1. The Morgan fingerprint density at radius 2 is 2.11 bits per heavy atom. The summed E-state index contributed by atoms with van der Waals surface area (Å²) in [4.78, 5) is 23.0. The summed E-state index contributed by atoms with van der Waals surface area (Å²) in [5, 5.41) is 0. The van der Waals surface area contributed by atoms with Crippen molar-refractivity contribution in [2.24, 2.45) is 0 Å². The lowest BCUT2D eigenvalue weighted by atomic mass is 10.1.